The number of rotatable bonds is 1. The number of carbonyl (C=O) groups excluding carboxylic acids is 3. The summed E-state index contributed by atoms with van der Waals surface area (Å²) in [5, 5.41) is 5.06. The zero-order chi connectivity index (χ0) is 22.5. The van der Waals surface area contributed by atoms with Gasteiger partial charge in [-0.2, -0.15) is 0 Å². The van der Waals surface area contributed by atoms with E-state index in [0.717, 1.165) is 47.0 Å². The summed E-state index contributed by atoms with van der Waals surface area (Å²) in [7, 11) is 0. The minimum Gasteiger partial charge on any atom is -0.324 e. The van der Waals surface area contributed by atoms with Crippen molar-refractivity contribution < 1.29 is 14.4 Å². The minimum atomic E-state index is -1.12. The third kappa shape index (κ3) is 2.19. The van der Waals surface area contributed by atoms with Crippen molar-refractivity contribution >= 4 is 39.9 Å². The molecule has 0 aliphatic carbocycles. The monoisotopic (exact) mass is 437 g/mol. The topological polar surface area (TPSA) is 69.7 Å². The fourth-order valence-electron chi connectivity index (χ4n) is 6.89. The Morgan fingerprint density at radius 1 is 0.939 bits per heavy atom. The normalized spacial score (nSPS) is 30.3. The summed E-state index contributed by atoms with van der Waals surface area (Å²) in [4.78, 5) is 45.1. The number of anilines is 2. The van der Waals surface area contributed by atoms with Crippen LogP contribution in [0.15, 0.2) is 60.7 Å². The molecule has 0 bridgehead atoms. The van der Waals surface area contributed by atoms with Crippen LogP contribution in [-0.4, -0.2) is 35.2 Å². The van der Waals surface area contributed by atoms with Gasteiger partial charge in [0.25, 0.3) is 0 Å². The summed E-state index contributed by atoms with van der Waals surface area (Å²) in [6.07, 6.45) is 1.74. The molecule has 4 atom stereocenters. The molecule has 3 aromatic rings. The van der Waals surface area contributed by atoms with Gasteiger partial charge >= 0.3 is 0 Å². The van der Waals surface area contributed by atoms with Gasteiger partial charge in [0.15, 0.2) is 0 Å². The molecule has 7 rings (SSSR count). The second kappa shape index (κ2) is 6.29. The van der Waals surface area contributed by atoms with Crippen LogP contribution < -0.4 is 10.2 Å². The van der Waals surface area contributed by atoms with E-state index in [1.165, 1.54) is 4.90 Å². The smallest absolute Gasteiger partial charge is 0.250 e. The molecule has 4 heterocycles. The van der Waals surface area contributed by atoms with Crippen molar-refractivity contribution in [2.24, 2.45) is 11.8 Å². The van der Waals surface area contributed by atoms with Crippen molar-refractivity contribution in [2.45, 2.75) is 31.3 Å². The molecule has 33 heavy (non-hydrogen) atoms. The molecular formula is C27H23N3O3. The lowest BCUT2D eigenvalue weighted by Crippen LogP contribution is -2.54. The van der Waals surface area contributed by atoms with Crippen LogP contribution in [0, 0.1) is 18.8 Å². The van der Waals surface area contributed by atoms with Crippen LogP contribution >= 0.6 is 0 Å². The zero-order valence-electron chi connectivity index (χ0n) is 18.2. The molecule has 0 unspecified atom stereocenters. The third-order valence-electron chi connectivity index (χ3n) is 8.14. The molecule has 1 N–H and O–H groups in total. The fraction of sp³-hybridized carbons (Fsp3) is 0.296. The van der Waals surface area contributed by atoms with Crippen molar-refractivity contribution in [2.75, 3.05) is 16.8 Å². The second-order valence-corrected chi connectivity index (χ2v) is 9.72. The number of hydrogen-bond acceptors (Lipinski definition) is 4. The standard InChI is InChI=1S/C27H23N3O3/c1-15-8-11-20-19(13-15)27(26(33)28-20)23-22(21-7-4-12-29(21)27)24(31)30(25(23)32)18-10-9-16-5-2-3-6-17(16)14-18/h2-3,5-6,8-11,13-14,21-23H,4,7,12H2,1H3,(H,28,33)/t21-,22+,23-,27+/m0/s1. The molecule has 6 nitrogen and oxygen atoms in total. The number of fused-ring (bicyclic) bond motifs is 8. The molecule has 6 heteroatoms. The second-order valence-electron chi connectivity index (χ2n) is 9.72. The molecular weight excluding hydrogens is 414 g/mol. The number of hydrogen-bond donors (Lipinski definition) is 1. The number of nitrogens with one attached hydrogen (secondary N) is 1. The average molecular weight is 437 g/mol. The molecule has 3 fully saturated rings. The Hall–Kier alpha value is -3.51. The molecule has 0 aromatic heterocycles. The largest absolute Gasteiger partial charge is 0.324 e. The predicted octanol–water partition coefficient (Wildman–Crippen LogP) is 3.58. The van der Waals surface area contributed by atoms with Crippen molar-refractivity contribution in [3.8, 4) is 0 Å². The van der Waals surface area contributed by atoms with Crippen LogP contribution in [0.25, 0.3) is 10.8 Å². The van der Waals surface area contributed by atoms with Crippen LogP contribution in [0.4, 0.5) is 11.4 Å². The van der Waals surface area contributed by atoms with E-state index in [1.54, 1.807) is 0 Å². The molecule has 4 aliphatic heterocycles. The van der Waals surface area contributed by atoms with Crippen molar-refractivity contribution in [1.29, 1.82) is 0 Å². The quantitative estimate of drug-likeness (QED) is 0.591. The van der Waals surface area contributed by atoms with E-state index < -0.39 is 17.4 Å². The van der Waals surface area contributed by atoms with E-state index in [4.69, 9.17) is 0 Å². The maximum Gasteiger partial charge on any atom is 0.250 e. The highest BCUT2D eigenvalue weighted by Gasteiger charge is 2.74. The summed E-state index contributed by atoms with van der Waals surface area (Å²) in [6, 6.07) is 19.4. The van der Waals surface area contributed by atoms with Crippen LogP contribution in [0.5, 0.6) is 0 Å². The minimum absolute atomic E-state index is 0.103. The average Bonchev–Trinajstić information content (AvgIpc) is 3.52. The molecule has 0 saturated carbocycles. The number of amides is 3. The Labute approximate surface area is 191 Å². The first-order valence-corrected chi connectivity index (χ1v) is 11.6. The fourth-order valence-corrected chi connectivity index (χ4v) is 6.89. The number of carbonyl (C=O) groups is 3. The number of aryl methyl sites for hydroxylation is 1. The number of nitrogens with zero attached hydrogens (tertiary/aromatic N) is 2. The highest BCUT2D eigenvalue weighted by molar-refractivity contribution is 6.26. The highest BCUT2D eigenvalue weighted by atomic mass is 16.2. The van der Waals surface area contributed by atoms with E-state index in [-0.39, 0.29) is 23.8 Å². The van der Waals surface area contributed by atoms with Crippen LogP contribution in [0.3, 0.4) is 0 Å². The lowest BCUT2D eigenvalue weighted by molar-refractivity contribution is -0.135. The maximum absolute atomic E-state index is 14.1. The molecule has 0 radical (unpaired) electrons. The van der Waals surface area contributed by atoms with Crippen LogP contribution in [-0.2, 0) is 19.9 Å². The van der Waals surface area contributed by atoms with Gasteiger partial charge in [-0.3, -0.25) is 19.3 Å². The highest BCUT2D eigenvalue weighted by Crippen LogP contribution is 2.60. The summed E-state index contributed by atoms with van der Waals surface area (Å²) in [5.74, 6) is -1.85. The first kappa shape index (κ1) is 19.0. The molecule has 164 valence electrons. The predicted molar refractivity (Wildman–Crippen MR) is 125 cm³/mol. The first-order chi connectivity index (χ1) is 16.0. The maximum atomic E-state index is 14.1. The van der Waals surface area contributed by atoms with Gasteiger partial charge in [-0.1, -0.05) is 48.0 Å². The number of imide groups is 1. The lowest BCUT2D eigenvalue weighted by Gasteiger charge is -2.36. The van der Waals surface area contributed by atoms with Crippen molar-refractivity contribution in [3.05, 3.63) is 71.8 Å². The molecule has 4 aliphatic rings. The molecule has 1 spiro atoms. The summed E-state index contributed by atoms with van der Waals surface area (Å²) < 4.78 is 0. The summed E-state index contributed by atoms with van der Waals surface area (Å²) in [5.41, 5.74) is 2.09. The first-order valence-electron chi connectivity index (χ1n) is 11.6. The van der Waals surface area contributed by atoms with Gasteiger partial charge in [0.2, 0.25) is 17.7 Å². The Morgan fingerprint density at radius 2 is 1.76 bits per heavy atom. The Morgan fingerprint density at radius 3 is 2.61 bits per heavy atom. The van der Waals surface area contributed by atoms with E-state index >= 15 is 0 Å². The SMILES string of the molecule is Cc1ccc2c(c1)[C@]1(C(=O)N2)[C@@H]2C(=O)N(c3ccc4ccccc4c3)C(=O)[C@@H]2[C@@H]2CCCN21. The Bertz CT molecular complexity index is 1400. The van der Waals surface area contributed by atoms with E-state index in [1.807, 2.05) is 67.6 Å². The van der Waals surface area contributed by atoms with E-state index in [9.17, 15) is 14.4 Å². The van der Waals surface area contributed by atoms with Crippen molar-refractivity contribution in [3.63, 3.8) is 0 Å². The lowest BCUT2D eigenvalue weighted by atomic mass is 9.75. The van der Waals surface area contributed by atoms with Gasteiger partial charge < -0.3 is 5.32 Å². The van der Waals surface area contributed by atoms with Gasteiger partial charge in [-0.15, -0.1) is 0 Å². The Balaban J connectivity index is 1.42. The van der Waals surface area contributed by atoms with E-state index in [0.29, 0.717) is 5.69 Å². The van der Waals surface area contributed by atoms with E-state index in [2.05, 4.69) is 10.2 Å². The number of benzene rings is 3. The van der Waals surface area contributed by atoms with Gasteiger partial charge in [0.05, 0.1) is 17.5 Å². The molecule has 3 saturated heterocycles. The van der Waals surface area contributed by atoms with Gasteiger partial charge in [0, 0.05) is 17.3 Å². The summed E-state index contributed by atoms with van der Waals surface area (Å²) >= 11 is 0. The van der Waals surface area contributed by atoms with Crippen LogP contribution in [0.2, 0.25) is 0 Å². The summed E-state index contributed by atoms with van der Waals surface area (Å²) in [6.45, 7) is 2.71. The molecule has 3 amide bonds. The molecule has 3 aromatic carbocycles. The van der Waals surface area contributed by atoms with Gasteiger partial charge in [-0.25, -0.2) is 4.90 Å². The third-order valence-corrected chi connectivity index (χ3v) is 8.14. The zero-order valence-corrected chi connectivity index (χ0v) is 18.2. The van der Waals surface area contributed by atoms with Crippen molar-refractivity contribution in [1.82, 2.24) is 4.90 Å². The van der Waals surface area contributed by atoms with Gasteiger partial charge in [0.1, 0.15) is 5.54 Å². The Kier molecular flexibility index (Phi) is 3.62. The van der Waals surface area contributed by atoms with Crippen LogP contribution in [0.1, 0.15) is 24.0 Å². The van der Waals surface area contributed by atoms with Gasteiger partial charge in [-0.05, 0) is 55.3 Å².